The average Bonchev–Trinajstić information content (AvgIpc) is 2.81. The number of pyridine rings is 1. The van der Waals surface area contributed by atoms with Crippen LogP contribution in [0.2, 0.25) is 0 Å². The highest BCUT2D eigenvalue weighted by atomic mass is 79.9. The maximum absolute atomic E-state index is 13.8. The van der Waals surface area contributed by atoms with Gasteiger partial charge in [-0.25, -0.2) is 0 Å². The fourth-order valence-corrected chi connectivity index (χ4v) is 6.80. The second kappa shape index (κ2) is 8.73. The summed E-state index contributed by atoms with van der Waals surface area (Å²) >= 11 is 3.40. The van der Waals surface area contributed by atoms with E-state index in [1.807, 2.05) is 6.07 Å². The third-order valence-corrected chi connectivity index (χ3v) is 8.43. The van der Waals surface area contributed by atoms with Gasteiger partial charge in [0.05, 0.1) is 11.7 Å². The molecule has 37 heavy (non-hydrogen) atoms. The number of aromatic nitrogens is 1. The van der Waals surface area contributed by atoms with Crippen molar-refractivity contribution in [3.63, 3.8) is 0 Å². The molecule has 0 bridgehead atoms. The molecule has 1 fully saturated rings. The van der Waals surface area contributed by atoms with E-state index in [-0.39, 0.29) is 29.7 Å². The number of phenols is 1. The van der Waals surface area contributed by atoms with Crippen molar-refractivity contribution in [3.8, 4) is 16.9 Å². The fraction of sp³-hybridized carbons (Fsp3) is 0.385. The summed E-state index contributed by atoms with van der Waals surface area (Å²) in [6.07, 6.45) is 2.01. The van der Waals surface area contributed by atoms with E-state index in [1.54, 1.807) is 37.5 Å². The number of carbonyl (C=O) groups is 3. The van der Waals surface area contributed by atoms with Crippen molar-refractivity contribution in [3.05, 3.63) is 57.5 Å². The molecule has 0 radical (unpaired) electrons. The molecule has 11 heteroatoms. The van der Waals surface area contributed by atoms with Gasteiger partial charge in [-0.15, -0.1) is 0 Å². The number of ketones is 2. The number of halogens is 1. The highest BCUT2D eigenvalue weighted by Crippen LogP contribution is 2.53. The summed E-state index contributed by atoms with van der Waals surface area (Å²) in [5.41, 5.74) is 4.52. The molecule has 10 nitrogen and oxygen atoms in total. The molecule has 3 aliphatic rings. The van der Waals surface area contributed by atoms with Gasteiger partial charge in [-0.3, -0.25) is 19.4 Å². The molecule has 1 aromatic heterocycles. The first-order valence-corrected chi connectivity index (χ1v) is 12.5. The highest BCUT2D eigenvalue weighted by molar-refractivity contribution is 9.10. The molecule has 0 aliphatic heterocycles. The summed E-state index contributed by atoms with van der Waals surface area (Å²) in [6, 6.07) is 3.97. The number of fused-ring (bicyclic) bond motifs is 3. The second-order valence-corrected chi connectivity index (χ2v) is 11.1. The topological polar surface area (TPSA) is 174 Å². The van der Waals surface area contributed by atoms with Crippen LogP contribution in [0.5, 0.6) is 5.75 Å². The highest BCUT2D eigenvalue weighted by Gasteiger charge is 2.66. The number of likely N-dealkylation sites (N-methyl/N-ethyl adjacent to an activating group) is 1. The van der Waals surface area contributed by atoms with Gasteiger partial charge in [0.1, 0.15) is 17.4 Å². The van der Waals surface area contributed by atoms with Gasteiger partial charge in [0.25, 0.3) is 0 Å². The Morgan fingerprint density at radius 1 is 1.22 bits per heavy atom. The van der Waals surface area contributed by atoms with Crippen LogP contribution in [0, 0.1) is 17.8 Å². The molecule has 1 amide bonds. The van der Waals surface area contributed by atoms with Gasteiger partial charge >= 0.3 is 0 Å². The number of nitrogens with two attached hydrogens (primary N) is 1. The number of allylic oxidation sites excluding steroid dienone is 1. The zero-order chi connectivity index (χ0) is 27.0. The van der Waals surface area contributed by atoms with Gasteiger partial charge in [-0.2, -0.15) is 0 Å². The number of carbonyl (C=O) groups excluding carboxylic acids is 3. The monoisotopic (exact) mass is 571 g/mol. The summed E-state index contributed by atoms with van der Waals surface area (Å²) in [6.45, 7) is 0. The fourth-order valence-electron chi connectivity index (χ4n) is 6.44. The van der Waals surface area contributed by atoms with Crippen LogP contribution >= 0.6 is 15.9 Å². The minimum atomic E-state index is -2.60. The van der Waals surface area contributed by atoms with Crippen LogP contribution in [0.1, 0.15) is 22.3 Å². The minimum Gasteiger partial charge on any atom is -0.508 e. The Morgan fingerprint density at radius 3 is 2.54 bits per heavy atom. The van der Waals surface area contributed by atoms with E-state index in [1.165, 1.54) is 6.07 Å². The average molecular weight is 572 g/mol. The number of amides is 1. The van der Waals surface area contributed by atoms with E-state index in [2.05, 4.69) is 20.9 Å². The molecular formula is C26H26BrN3O7. The minimum absolute atomic E-state index is 0.0313. The molecule has 1 heterocycles. The summed E-state index contributed by atoms with van der Waals surface area (Å²) in [5.74, 6) is -7.58. The number of rotatable bonds is 3. The van der Waals surface area contributed by atoms with Crippen LogP contribution in [-0.4, -0.2) is 79.6 Å². The third kappa shape index (κ3) is 3.56. The van der Waals surface area contributed by atoms with Crippen molar-refractivity contribution in [2.45, 2.75) is 30.6 Å². The molecule has 6 N–H and O–H groups in total. The van der Waals surface area contributed by atoms with Crippen LogP contribution in [0.3, 0.4) is 0 Å². The van der Waals surface area contributed by atoms with E-state index in [0.29, 0.717) is 16.7 Å². The lowest BCUT2D eigenvalue weighted by molar-refractivity contribution is -0.178. The molecule has 0 spiro atoms. The molecule has 0 saturated heterocycles. The molecule has 1 saturated carbocycles. The number of nitrogens with zero attached hydrogens (tertiary/aromatic N) is 2. The summed E-state index contributed by atoms with van der Waals surface area (Å²) < 4.78 is 0.724. The lowest BCUT2D eigenvalue weighted by atomic mass is 9.55. The molecule has 5 rings (SSSR count). The molecular weight excluding hydrogens is 546 g/mol. The third-order valence-electron chi connectivity index (χ3n) is 7.99. The van der Waals surface area contributed by atoms with E-state index in [4.69, 9.17) is 5.73 Å². The van der Waals surface area contributed by atoms with Crippen molar-refractivity contribution in [2.75, 3.05) is 14.1 Å². The first kappa shape index (κ1) is 25.5. The summed E-state index contributed by atoms with van der Waals surface area (Å²) in [7, 11) is 3.24. The van der Waals surface area contributed by atoms with Crippen molar-refractivity contribution in [1.82, 2.24) is 9.88 Å². The number of phenolic OH excluding ortho intramolecular Hbond substituents is 1. The lowest BCUT2D eigenvalue weighted by Gasteiger charge is -2.53. The number of hydrogen-bond acceptors (Lipinski definition) is 9. The Hall–Kier alpha value is -3.12. The number of aliphatic hydroxyl groups is 3. The second-order valence-electron chi connectivity index (χ2n) is 10.2. The molecule has 2 unspecified atom stereocenters. The summed E-state index contributed by atoms with van der Waals surface area (Å²) in [4.78, 5) is 45.0. The zero-order valence-electron chi connectivity index (χ0n) is 20.1. The maximum Gasteiger partial charge on any atom is 0.230 e. The van der Waals surface area contributed by atoms with Gasteiger partial charge in [0.2, 0.25) is 5.91 Å². The maximum atomic E-state index is 13.8. The molecule has 1 aromatic carbocycles. The van der Waals surface area contributed by atoms with E-state index in [9.17, 15) is 34.8 Å². The van der Waals surface area contributed by atoms with Crippen LogP contribution in [0.15, 0.2) is 46.4 Å². The molecule has 194 valence electrons. The number of primary amides is 1. The van der Waals surface area contributed by atoms with Crippen molar-refractivity contribution in [1.29, 1.82) is 0 Å². The quantitative estimate of drug-likeness (QED) is 0.338. The Balaban J connectivity index is 1.72. The van der Waals surface area contributed by atoms with E-state index < -0.39 is 58.7 Å². The summed E-state index contributed by atoms with van der Waals surface area (Å²) in [5, 5.41) is 44.7. The molecule has 2 aromatic rings. The van der Waals surface area contributed by atoms with Gasteiger partial charge in [-0.05, 0) is 72.0 Å². The number of Topliss-reactive ketones (excluding diaryl/α,β-unsaturated/α-hetero) is 2. The Morgan fingerprint density at radius 2 is 1.92 bits per heavy atom. The van der Waals surface area contributed by atoms with Crippen LogP contribution in [-0.2, 0) is 16.0 Å². The van der Waals surface area contributed by atoms with Crippen LogP contribution in [0.25, 0.3) is 11.1 Å². The SMILES string of the molecule is CN(C)[C@@H]1C(O)C(C(N)=O)C(=O)[C@@]2(O)C(O)=C3C(=O)c4c(O)ccc(-c5cncc(Br)c5)c4C[C@H]3C[C@@H]12. The first-order valence-electron chi connectivity index (χ1n) is 11.7. The number of aromatic hydroxyl groups is 1. The first-order chi connectivity index (χ1) is 17.4. The van der Waals surface area contributed by atoms with E-state index in [0.717, 1.165) is 4.47 Å². The number of hydrogen-bond donors (Lipinski definition) is 5. The normalized spacial score (nSPS) is 31.1. The zero-order valence-corrected chi connectivity index (χ0v) is 21.6. The molecule has 3 aliphatic carbocycles. The van der Waals surface area contributed by atoms with E-state index >= 15 is 0 Å². The van der Waals surface area contributed by atoms with Gasteiger partial charge in [-0.1, -0.05) is 6.07 Å². The van der Waals surface area contributed by atoms with Crippen LogP contribution < -0.4 is 5.73 Å². The van der Waals surface area contributed by atoms with Gasteiger partial charge < -0.3 is 31.1 Å². The number of benzene rings is 1. The van der Waals surface area contributed by atoms with Crippen molar-refractivity contribution < 1.29 is 34.8 Å². The molecule has 6 atom stereocenters. The smallest absolute Gasteiger partial charge is 0.230 e. The van der Waals surface area contributed by atoms with Gasteiger partial charge in [0, 0.05) is 40.0 Å². The predicted molar refractivity (Wildman–Crippen MR) is 134 cm³/mol. The largest absolute Gasteiger partial charge is 0.508 e. The van der Waals surface area contributed by atoms with Crippen molar-refractivity contribution >= 4 is 33.4 Å². The Labute approximate surface area is 220 Å². The predicted octanol–water partition coefficient (Wildman–Crippen LogP) is 1.11. The Kier molecular flexibility index (Phi) is 6.02. The number of aliphatic hydroxyl groups excluding tert-OH is 2. The lowest BCUT2D eigenvalue weighted by Crippen LogP contribution is -2.71. The van der Waals surface area contributed by atoms with Crippen LogP contribution in [0.4, 0.5) is 0 Å². The van der Waals surface area contributed by atoms with Gasteiger partial charge in [0.15, 0.2) is 17.2 Å². The standard InChI is InChI=1S/C26H26BrN3O7/c1-30(2)20-15-7-10-6-14-13(11-5-12(27)9-29-8-11)3-4-16(31)18(14)21(32)17(10)23(34)26(15,37)24(35)19(22(20)33)25(28)36/h3-5,8-10,15,19-20,22,31,33-34,37H,6-7H2,1-2H3,(H2,28,36)/t10-,15-,19?,20-,22?,26-/m0/s1. The van der Waals surface area contributed by atoms with Crippen molar-refractivity contribution in [2.24, 2.45) is 23.5 Å². The Bertz CT molecular complexity index is 1390.